The lowest BCUT2D eigenvalue weighted by Gasteiger charge is -2.54. The van der Waals surface area contributed by atoms with Crippen LogP contribution in [-0.2, 0) is 0 Å². The Hall–Kier alpha value is -1.39. The summed E-state index contributed by atoms with van der Waals surface area (Å²) in [6.07, 6.45) is 16.2. The average molecular weight is 440 g/mol. The van der Waals surface area contributed by atoms with Crippen LogP contribution in [0.25, 0.3) is 11.0 Å². The van der Waals surface area contributed by atoms with Gasteiger partial charge in [0.05, 0.1) is 11.0 Å². The van der Waals surface area contributed by atoms with Gasteiger partial charge < -0.3 is 4.57 Å². The molecule has 0 spiro atoms. The summed E-state index contributed by atoms with van der Waals surface area (Å²) in [6, 6.07) is 10.2. The van der Waals surface area contributed by atoms with Crippen LogP contribution < -0.4 is 5.56 Å². The molecule has 2 aliphatic heterocycles. The van der Waals surface area contributed by atoms with Crippen molar-refractivity contribution in [3.05, 3.63) is 39.8 Å². The van der Waals surface area contributed by atoms with Crippen molar-refractivity contribution < 1.29 is 0 Å². The van der Waals surface area contributed by atoms with E-state index in [1.165, 1.54) is 64.2 Å². The third-order valence-electron chi connectivity index (χ3n) is 8.90. The summed E-state index contributed by atoms with van der Waals surface area (Å²) in [4.78, 5) is 20.4. The molecular formula is C26H34ClN3O. The first kappa shape index (κ1) is 20.2. The van der Waals surface area contributed by atoms with Gasteiger partial charge in [-0.1, -0.05) is 55.8 Å². The Balaban J connectivity index is 1.31. The topological polar surface area (TPSA) is 38.1 Å². The number of aromatic nitrogens is 2. The molecular weight excluding hydrogens is 406 g/mol. The van der Waals surface area contributed by atoms with Crippen molar-refractivity contribution >= 4 is 22.6 Å². The van der Waals surface area contributed by atoms with E-state index in [4.69, 9.17) is 11.6 Å². The zero-order valence-electron chi connectivity index (χ0n) is 18.4. The van der Waals surface area contributed by atoms with Gasteiger partial charge in [-0.25, -0.2) is 4.98 Å². The molecule has 2 saturated heterocycles. The van der Waals surface area contributed by atoms with Gasteiger partial charge in [-0.2, -0.15) is 0 Å². The van der Waals surface area contributed by atoms with Crippen LogP contribution in [0, 0.1) is 11.8 Å². The van der Waals surface area contributed by atoms with E-state index in [2.05, 4.69) is 9.88 Å². The van der Waals surface area contributed by atoms with E-state index in [1.807, 2.05) is 28.8 Å². The van der Waals surface area contributed by atoms with E-state index in [1.54, 1.807) is 0 Å². The fourth-order valence-corrected chi connectivity index (χ4v) is 7.98. The Kier molecular flexibility index (Phi) is 5.34. The van der Waals surface area contributed by atoms with Crippen LogP contribution >= 0.6 is 11.6 Å². The lowest BCUT2D eigenvalue weighted by molar-refractivity contribution is -0.0420. The van der Waals surface area contributed by atoms with Crippen molar-refractivity contribution in [1.29, 1.82) is 0 Å². The molecule has 2 aromatic rings. The number of hydrogen-bond donors (Lipinski definition) is 0. The second-order valence-electron chi connectivity index (χ2n) is 10.8. The van der Waals surface area contributed by atoms with Crippen LogP contribution in [0.5, 0.6) is 0 Å². The van der Waals surface area contributed by atoms with Crippen molar-refractivity contribution in [2.75, 3.05) is 0 Å². The van der Waals surface area contributed by atoms with Crippen LogP contribution in [0.15, 0.2) is 29.1 Å². The monoisotopic (exact) mass is 439 g/mol. The van der Waals surface area contributed by atoms with Gasteiger partial charge >= 0.3 is 0 Å². The van der Waals surface area contributed by atoms with E-state index in [-0.39, 0.29) is 16.8 Å². The van der Waals surface area contributed by atoms with E-state index in [0.717, 1.165) is 41.8 Å². The van der Waals surface area contributed by atoms with Gasteiger partial charge in [0.25, 0.3) is 5.56 Å². The van der Waals surface area contributed by atoms with Crippen molar-refractivity contribution in [2.45, 2.75) is 101 Å². The number of benzene rings is 1. The largest absolute Gasteiger partial charge is 0.301 e. The summed E-state index contributed by atoms with van der Waals surface area (Å²) in [7, 11) is 0. The summed E-state index contributed by atoms with van der Waals surface area (Å²) < 4.78 is 1.99. The summed E-state index contributed by atoms with van der Waals surface area (Å²) >= 11 is 6.30. The lowest BCUT2D eigenvalue weighted by Crippen LogP contribution is -2.58. The van der Waals surface area contributed by atoms with Gasteiger partial charge in [-0.3, -0.25) is 9.69 Å². The van der Waals surface area contributed by atoms with Gasteiger partial charge in [-0.15, -0.1) is 0 Å². The first-order valence-corrected chi connectivity index (χ1v) is 13.0. The van der Waals surface area contributed by atoms with Crippen molar-refractivity contribution in [3.63, 3.8) is 0 Å². The molecule has 4 aliphatic rings. The van der Waals surface area contributed by atoms with Crippen LogP contribution in [0.4, 0.5) is 0 Å². The molecule has 2 aliphatic carbocycles. The number of rotatable bonds is 2. The molecule has 6 rings (SSSR count). The molecule has 1 aromatic heterocycles. The smallest absolute Gasteiger partial charge is 0.288 e. The second-order valence-corrected chi connectivity index (χ2v) is 11.1. The molecule has 4 fully saturated rings. The van der Waals surface area contributed by atoms with Gasteiger partial charge in [0, 0.05) is 24.2 Å². The highest BCUT2D eigenvalue weighted by Gasteiger charge is 2.45. The van der Waals surface area contributed by atoms with Gasteiger partial charge in [0.2, 0.25) is 0 Å². The predicted octanol–water partition coefficient (Wildman–Crippen LogP) is 5.97. The molecule has 4 nitrogen and oxygen atoms in total. The molecule has 0 radical (unpaired) electrons. The highest BCUT2D eigenvalue weighted by atomic mass is 35.5. The van der Waals surface area contributed by atoms with Crippen LogP contribution in [0.1, 0.15) is 83.1 Å². The minimum Gasteiger partial charge on any atom is -0.301 e. The Morgan fingerprint density at radius 2 is 1.45 bits per heavy atom. The summed E-state index contributed by atoms with van der Waals surface area (Å²) in [6.45, 7) is 0. The maximum atomic E-state index is 13.1. The molecule has 166 valence electrons. The van der Waals surface area contributed by atoms with Crippen molar-refractivity contribution in [2.24, 2.45) is 11.8 Å². The zero-order chi connectivity index (χ0) is 20.9. The molecule has 31 heavy (non-hydrogen) atoms. The Labute approximate surface area is 190 Å². The molecule has 2 unspecified atom stereocenters. The maximum absolute atomic E-state index is 13.1. The number of halogens is 1. The van der Waals surface area contributed by atoms with Crippen molar-refractivity contribution in [1.82, 2.24) is 14.5 Å². The standard InChI is InChI=1S/C26H34ClN3O/c27-25-26(31)30(24-11-4-3-10-23(24)28-25)22-15-19-8-5-9-20(16-22)29(19)21-13-17-6-1-2-7-18(12-17)14-21/h3-4,10-11,17-22H,1-2,5-9,12-16H2/t17?,18?,19-,20+,21?,22+. The highest BCUT2D eigenvalue weighted by molar-refractivity contribution is 6.29. The Morgan fingerprint density at radius 3 is 2.16 bits per heavy atom. The first-order valence-electron chi connectivity index (χ1n) is 12.6. The van der Waals surface area contributed by atoms with E-state index >= 15 is 0 Å². The highest BCUT2D eigenvalue weighted by Crippen LogP contribution is 2.46. The third kappa shape index (κ3) is 3.64. The molecule has 5 atom stereocenters. The van der Waals surface area contributed by atoms with Gasteiger partial charge in [0.15, 0.2) is 5.15 Å². The molecule has 4 bridgehead atoms. The SMILES string of the molecule is O=c1c(Cl)nc2ccccc2n1[C@H]1C[C@H]2CCC[C@@H](C1)N2C1CC2CCCCC(C2)C1. The first-order chi connectivity index (χ1) is 15.2. The maximum Gasteiger partial charge on any atom is 0.288 e. The van der Waals surface area contributed by atoms with Gasteiger partial charge in [0.1, 0.15) is 0 Å². The molecule has 5 heteroatoms. The quantitative estimate of drug-likeness (QED) is 0.578. The predicted molar refractivity (Wildman–Crippen MR) is 126 cm³/mol. The summed E-state index contributed by atoms with van der Waals surface area (Å²) in [5, 5.41) is 0.114. The fourth-order valence-electron chi connectivity index (χ4n) is 7.79. The van der Waals surface area contributed by atoms with Gasteiger partial charge in [-0.05, 0) is 68.9 Å². The number of piperidine rings is 2. The fraction of sp³-hybridized carbons (Fsp3) is 0.692. The number of para-hydroxylation sites is 2. The summed E-state index contributed by atoms with van der Waals surface area (Å²) in [5.41, 5.74) is 1.66. The Bertz CT molecular complexity index is 991. The molecule has 0 amide bonds. The summed E-state index contributed by atoms with van der Waals surface area (Å²) in [5.74, 6) is 1.91. The van der Waals surface area contributed by atoms with Crippen LogP contribution in [0.3, 0.4) is 0 Å². The van der Waals surface area contributed by atoms with E-state index in [9.17, 15) is 4.79 Å². The van der Waals surface area contributed by atoms with Crippen LogP contribution in [-0.4, -0.2) is 32.6 Å². The lowest BCUT2D eigenvalue weighted by atomic mass is 9.73. The third-order valence-corrected chi connectivity index (χ3v) is 9.15. The molecule has 1 aromatic carbocycles. The number of fused-ring (bicyclic) bond motifs is 5. The second kappa shape index (κ2) is 8.19. The molecule has 0 N–H and O–H groups in total. The Morgan fingerprint density at radius 1 is 0.774 bits per heavy atom. The minimum absolute atomic E-state index is 0.111. The molecule has 3 heterocycles. The minimum atomic E-state index is -0.111. The number of hydrogen-bond acceptors (Lipinski definition) is 3. The molecule has 2 saturated carbocycles. The van der Waals surface area contributed by atoms with E-state index in [0.29, 0.717) is 12.1 Å². The average Bonchev–Trinajstić information content (AvgIpc) is 2.93. The number of nitrogens with zero attached hydrogens (tertiary/aromatic N) is 3. The zero-order valence-corrected chi connectivity index (χ0v) is 19.1. The van der Waals surface area contributed by atoms with E-state index < -0.39 is 0 Å². The normalized spacial score (nSPS) is 36.3. The van der Waals surface area contributed by atoms with Crippen molar-refractivity contribution in [3.8, 4) is 0 Å². The van der Waals surface area contributed by atoms with Crippen LogP contribution in [0.2, 0.25) is 5.15 Å².